The summed E-state index contributed by atoms with van der Waals surface area (Å²) in [4.78, 5) is 5.79. The molecule has 1 aliphatic rings. The normalized spacial score (nSPS) is 16.3. The van der Waals surface area contributed by atoms with E-state index >= 15 is 0 Å². The Morgan fingerprint density at radius 2 is 1.94 bits per heavy atom. The summed E-state index contributed by atoms with van der Waals surface area (Å²) in [7, 11) is 1.90. The van der Waals surface area contributed by atoms with Gasteiger partial charge in [-0.3, -0.25) is 4.68 Å². The predicted molar refractivity (Wildman–Crippen MR) is 109 cm³/mol. The summed E-state index contributed by atoms with van der Waals surface area (Å²) < 4.78 is 45.1. The number of aryl methyl sites for hydroxylation is 2. The van der Waals surface area contributed by atoms with Crippen LogP contribution < -0.4 is 4.74 Å². The molecule has 10 heteroatoms. The molecule has 0 bridgehead atoms. The van der Waals surface area contributed by atoms with Gasteiger partial charge >= 0.3 is 6.36 Å². The maximum absolute atomic E-state index is 12.5. The van der Waals surface area contributed by atoms with Crippen molar-refractivity contribution in [1.29, 1.82) is 0 Å². The van der Waals surface area contributed by atoms with Gasteiger partial charge in [-0.25, -0.2) is 9.67 Å². The van der Waals surface area contributed by atoms with Crippen molar-refractivity contribution in [2.45, 2.75) is 31.5 Å². The first-order chi connectivity index (χ1) is 14.9. The number of ether oxygens (including phenoxy) is 1. The molecule has 0 aliphatic heterocycles. The van der Waals surface area contributed by atoms with Crippen LogP contribution in [0.15, 0.2) is 48.0 Å². The van der Waals surface area contributed by atoms with Crippen molar-refractivity contribution < 1.29 is 17.9 Å². The molecule has 1 aliphatic carbocycles. The molecular formula is C21H18F3N5OS. The van der Waals surface area contributed by atoms with Crippen molar-refractivity contribution in [1.82, 2.24) is 24.5 Å². The fourth-order valence-corrected chi connectivity index (χ4v) is 4.63. The van der Waals surface area contributed by atoms with E-state index in [1.165, 1.54) is 23.5 Å². The van der Waals surface area contributed by atoms with Crippen LogP contribution in [0.5, 0.6) is 5.75 Å². The Bertz CT molecular complexity index is 1200. The quantitative estimate of drug-likeness (QED) is 0.439. The second kappa shape index (κ2) is 7.52. The first-order valence-corrected chi connectivity index (χ1v) is 10.6. The van der Waals surface area contributed by atoms with Gasteiger partial charge in [0.15, 0.2) is 5.82 Å². The highest BCUT2D eigenvalue weighted by Gasteiger charge is 2.32. The van der Waals surface area contributed by atoms with E-state index in [1.807, 2.05) is 35.4 Å². The Hall–Kier alpha value is -3.14. The van der Waals surface area contributed by atoms with Crippen LogP contribution in [-0.2, 0) is 13.5 Å². The van der Waals surface area contributed by atoms with Gasteiger partial charge in [-0.05, 0) is 55.0 Å². The molecule has 0 radical (unpaired) electrons. The lowest BCUT2D eigenvalue weighted by atomic mass is 9.86. The highest BCUT2D eigenvalue weighted by molar-refractivity contribution is 7.13. The summed E-state index contributed by atoms with van der Waals surface area (Å²) in [6.45, 7) is 0. The number of halogens is 3. The number of benzene rings is 1. The predicted octanol–water partition coefficient (Wildman–Crippen LogP) is 5.10. The van der Waals surface area contributed by atoms with Gasteiger partial charge in [0.25, 0.3) is 0 Å². The van der Waals surface area contributed by atoms with E-state index in [0.717, 1.165) is 41.2 Å². The minimum atomic E-state index is -4.73. The molecule has 1 atom stereocenters. The Kier molecular flexibility index (Phi) is 4.81. The number of aromatic nitrogens is 5. The molecule has 6 nitrogen and oxygen atoms in total. The monoisotopic (exact) mass is 445 g/mol. The molecule has 0 spiro atoms. The van der Waals surface area contributed by atoms with Crippen molar-refractivity contribution in [3.63, 3.8) is 0 Å². The first kappa shape index (κ1) is 19.8. The smallest absolute Gasteiger partial charge is 0.406 e. The Labute approximate surface area is 179 Å². The van der Waals surface area contributed by atoms with Crippen LogP contribution in [0, 0.1) is 0 Å². The molecule has 5 rings (SSSR count). The summed E-state index contributed by atoms with van der Waals surface area (Å²) in [6, 6.07) is 9.58. The van der Waals surface area contributed by atoms with Crippen LogP contribution in [0.3, 0.4) is 0 Å². The van der Waals surface area contributed by atoms with Gasteiger partial charge in [-0.2, -0.15) is 5.10 Å². The van der Waals surface area contributed by atoms with E-state index in [4.69, 9.17) is 10.1 Å². The highest BCUT2D eigenvalue weighted by atomic mass is 32.1. The molecule has 1 unspecified atom stereocenters. The van der Waals surface area contributed by atoms with E-state index in [1.54, 1.807) is 16.8 Å². The summed E-state index contributed by atoms with van der Waals surface area (Å²) in [5.41, 5.74) is 2.80. The zero-order chi connectivity index (χ0) is 21.6. The average Bonchev–Trinajstić information content (AvgIpc) is 3.45. The topological polar surface area (TPSA) is 57.8 Å². The van der Waals surface area contributed by atoms with Gasteiger partial charge in [-0.1, -0.05) is 6.07 Å². The van der Waals surface area contributed by atoms with Crippen LogP contribution >= 0.6 is 11.3 Å². The molecule has 0 N–H and O–H groups in total. The SMILES string of the molecule is Cn1cc2c(n1)CCCC2c1nc(-c2cccs2)nn1-c1ccc(OC(F)(F)F)cc1. The van der Waals surface area contributed by atoms with Crippen molar-refractivity contribution in [2.24, 2.45) is 7.05 Å². The zero-order valence-electron chi connectivity index (χ0n) is 16.5. The third kappa shape index (κ3) is 3.95. The van der Waals surface area contributed by atoms with E-state index in [0.29, 0.717) is 11.5 Å². The molecule has 3 heterocycles. The van der Waals surface area contributed by atoms with Crippen LogP contribution in [-0.4, -0.2) is 30.9 Å². The first-order valence-electron chi connectivity index (χ1n) is 9.77. The summed E-state index contributed by atoms with van der Waals surface area (Å²) >= 11 is 1.54. The van der Waals surface area contributed by atoms with Crippen molar-refractivity contribution in [2.75, 3.05) is 0 Å². The van der Waals surface area contributed by atoms with Gasteiger partial charge in [0.2, 0.25) is 0 Å². The fourth-order valence-electron chi connectivity index (χ4n) is 3.97. The molecule has 160 valence electrons. The minimum Gasteiger partial charge on any atom is -0.406 e. The van der Waals surface area contributed by atoms with Crippen LogP contribution in [0.25, 0.3) is 16.4 Å². The summed E-state index contributed by atoms with van der Waals surface area (Å²) in [5, 5.41) is 11.2. The van der Waals surface area contributed by atoms with Crippen LogP contribution in [0.1, 0.15) is 35.8 Å². The van der Waals surface area contributed by atoms with Gasteiger partial charge in [0, 0.05) is 24.7 Å². The molecule has 4 aromatic rings. The number of alkyl halides is 3. The number of rotatable bonds is 4. The third-order valence-electron chi connectivity index (χ3n) is 5.22. The third-order valence-corrected chi connectivity index (χ3v) is 6.09. The highest BCUT2D eigenvalue weighted by Crippen LogP contribution is 2.37. The molecular weight excluding hydrogens is 427 g/mol. The molecule has 0 fully saturated rings. The lowest BCUT2D eigenvalue weighted by Crippen LogP contribution is -2.17. The average molecular weight is 445 g/mol. The van der Waals surface area contributed by atoms with Crippen LogP contribution in [0.4, 0.5) is 13.2 Å². The maximum atomic E-state index is 12.5. The molecule has 0 saturated heterocycles. The molecule has 0 saturated carbocycles. The molecule has 0 amide bonds. The van der Waals surface area contributed by atoms with Gasteiger partial charge < -0.3 is 4.74 Å². The van der Waals surface area contributed by atoms with Gasteiger partial charge in [0.1, 0.15) is 11.6 Å². The van der Waals surface area contributed by atoms with E-state index in [-0.39, 0.29) is 11.7 Å². The largest absolute Gasteiger partial charge is 0.573 e. The standard InChI is InChI=1S/C21H18F3N5OS/c1-28-12-16-15(4-2-5-17(16)26-28)20-25-19(18-6-3-11-31-18)27-29(20)13-7-9-14(10-8-13)30-21(22,23)24/h3,6-12,15H,2,4-5H2,1H3. The van der Waals surface area contributed by atoms with Crippen molar-refractivity contribution in [3.8, 4) is 22.1 Å². The number of nitrogens with zero attached hydrogens (tertiary/aromatic N) is 5. The zero-order valence-corrected chi connectivity index (χ0v) is 17.3. The van der Waals surface area contributed by atoms with E-state index in [2.05, 4.69) is 9.84 Å². The number of thiophene rings is 1. The second-order valence-corrected chi connectivity index (χ2v) is 8.32. The van der Waals surface area contributed by atoms with Gasteiger partial charge in [0.05, 0.1) is 16.3 Å². The number of hydrogen-bond donors (Lipinski definition) is 0. The number of fused-ring (bicyclic) bond motifs is 1. The molecule has 3 aromatic heterocycles. The minimum absolute atomic E-state index is 0.00441. The van der Waals surface area contributed by atoms with Crippen molar-refractivity contribution >= 4 is 11.3 Å². The maximum Gasteiger partial charge on any atom is 0.573 e. The van der Waals surface area contributed by atoms with Gasteiger partial charge in [-0.15, -0.1) is 29.6 Å². The Morgan fingerprint density at radius 3 is 2.65 bits per heavy atom. The lowest BCUT2D eigenvalue weighted by molar-refractivity contribution is -0.274. The number of hydrogen-bond acceptors (Lipinski definition) is 5. The molecule has 31 heavy (non-hydrogen) atoms. The lowest BCUT2D eigenvalue weighted by Gasteiger charge is -2.21. The second-order valence-electron chi connectivity index (χ2n) is 7.37. The Morgan fingerprint density at radius 1 is 1.13 bits per heavy atom. The molecule has 1 aromatic carbocycles. The fraction of sp³-hybridized carbons (Fsp3) is 0.286. The van der Waals surface area contributed by atoms with E-state index in [9.17, 15) is 13.2 Å². The summed E-state index contributed by atoms with van der Waals surface area (Å²) in [5.74, 6) is 1.08. The summed E-state index contributed by atoms with van der Waals surface area (Å²) in [6.07, 6.45) is 0.0845. The van der Waals surface area contributed by atoms with Crippen LogP contribution in [0.2, 0.25) is 0 Å². The Balaban J connectivity index is 1.59. The van der Waals surface area contributed by atoms with E-state index < -0.39 is 6.36 Å². The van der Waals surface area contributed by atoms with Crippen molar-refractivity contribution in [3.05, 3.63) is 65.1 Å².